The lowest BCUT2D eigenvalue weighted by Crippen LogP contribution is -2.06. The maximum atomic E-state index is 11.5. The smallest absolute Gasteiger partial charge is 0.313 e. The van der Waals surface area contributed by atoms with Crippen LogP contribution in [0.3, 0.4) is 0 Å². The summed E-state index contributed by atoms with van der Waals surface area (Å²) >= 11 is 0. The number of carbonyl (C=O) groups is 2. The molecule has 20 heavy (non-hydrogen) atoms. The summed E-state index contributed by atoms with van der Waals surface area (Å²) in [7, 11) is 0. The Labute approximate surface area is 116 Å². The number of hydrogen-bond acceptors (Lipinski definition) is 4. The van der Waals surface area contributed by atoms with E-state index >= 15 is 0 Å². The molecule has 1 aromatic rings. The van der Waals surface area contributed by atoms with Crippen LogP contribution in [0.15, 0.2) is 65.4 Å². The summed E-state index contributed by atoms with van der Waals surface area (Å²) in [5, 5.41) is 3.68. The minimum atomic E-state index is -0.572. The average Bonchev–Trinajstić information content (AvgIpc) is 2.47. The van der Waals surface area contributed by atoms with Crippen molar-refractivity contribution in [3.05, 3.63) is 65.8 Å². The predicted molar refractivity (Wildman–Crippen MR) is 76.9 cm³/mol. The molecule has 4 nitrogen and oxygen atoms in total. The third-order valence-electron chi connectivity index (χ3n) is 2.61. The monoisotopic (exact) mass is 267 g/mol. The van der Waals surface area contributed by atoms with Gasteiger partial charge < -0.3 is 4.84 Å². The van der Waals surface area contributed by atoms with Crippen molar-refractivity contribution in [2.24, 2.45) is 5.16 Å². The lowest BCUT2D eigenvalue weighted by Gasteiger charge is -2.02. The number of hydrogen-bond donors (Lipinski definition) is 0. The van der Waals surface area contributed by atoms with E-state index < -0.39 is 5.97 Å². The van der Waals surface area contributed by atoms with Gasteiger partial charge in [-0.2, -0.15) is 0 Å². The van der Waals surface area contributed by atoms with Gasteiger partial charge in [-0.3, -0.25) is 4.79 Å². The van der Waals surface area contributed by atoms with Gasteiger partial charge in [0.15, 0.2) is 5.78 Å². The molecule has 0 spiro atoms. The number of benzene rings is 1. The fourth-order valence-electron chi connectivity index (χ4n) is 1.55. The minimum Gasteiger partial charge on any atom is -0.313 e. The fraction of sp³-hybridized carbons (Fsp3) is 0.0625. The summed E-state index contributed by atoms with van der Waals surface area (Å²) in [5.41, 5.74) is 1.89. The first-order valence-electron chi connectivity index (χ1n) is 6.08. The van der Waals surface area contributed by atoms with Crippen LogP contribution in [-0.4, -0.2) is 17.5 Å². The average molecular weight is 267 g/mol. The van der Waals surface area contributed by atoms with Gasteiger partial charge in [-0.15, -0.1) is 0 Å². The zero-order chi connectivity index (χ0) is 14.4. The first-order chi connectivity index (χ1) is 9.65. The highest BCUT2D eigenvalue weighted by atomic mass is 16.7. The topological polar surface area (TPSA) is 55.7 Å². The van der Waals surface area contributed by atoms with Gasteiger partial charge in [0.1, 0.15) is 5.71 Å². The quantitative estimate of drug-likeness (QED) is 0.366. The van der Waals surface area contributed by atoms with Gasteiger partial charge in [0.25, 0.3) is 0 Å². The summed E-state index contributed by atoms with van der Waals surface area (Å²) < 4.78 is 0. The number of carbonyl (C=O) groups excluding carboxylic acids is 2. The molecular formula is C16H13NO3. The van der Waals surface area contributed by atoms with Crippen molar-refractivity contribution in [3.63, 3.8) is 0 Å². The molecule has 0 aromatic heterocycles. The molecule has 0 bridgehead atoms. The van der Waals surface area contributed by atoms with Crippen LogP contribution >= 0.6 is 0 Å². The zero-order valence-corrected chi connectivity index (χ0v) is 10.9. The van der Waals surface area contributed by atoms with Crippen molar-refractivity contribution in [2.45, 2.75) is 6.92 Å². The maximum Gasteiger partial charge on any atom is 0.358 e. The van der Waals surface area contributed by atoms with Crippen molar-refractivity contribution >= 4 is 23.5 Å². The molecule has 0 saturated heterocycles. The minimum absolute atomic E-state index is 0.0701. The Morgan fingerprint density at radius 3 is 2.65 bits per heavy atom. The van der Waals surface area contributed by atoms with E-state index in [1.807, 2.05) is 30.3 Å². The van der Waals surface area contributed by atoms with Gasteiger partial charge in [-0.25, -0.2) is 4.79 Å². The highest BCUT2D eigenvalue weighted by Crippen LogP contribution is 2.05. The summed E-state index contributed by atoms with van der Waals surface area (Å²) in [5.74, 6) is -0.642. The van der Waals surface area contributed by atoms with Crippen molar-refractivity contribution in [1.29, 1.82) is 0 Å². The zero-order valence-electron chi connectivity index (χ0n) is 10.9. The number of oxime groups is 1. The second-order valence-corrected chi connectivity index (χ2v) is 4.20. The Hall–Kier alpha value is -2.75. The maximum absolute atomic E-state index is 11.5. The largest absolute Gasteiger partial charge is 0.358 e. The molecule has 100 valence electrons. The van der Waals surface area contributed by atoms with Crippen molar-refractivity contribution in [1.82, 2.24) is 0 Å². The van der Waals surface area contributed by atoms with Gasteiger partial charge in [0.2, 0.25) is 0 Å². The van der Waals surface area contributed by atoms with Gasteiger partial charge in [-0.05, 0) is 42.4 Å². The molecule has 0 aliphatic heterocycles. The second kappa shape index (κ2) is 6.43. The van der Waals surface area contributed by atoms with E-state index in [0.717, 1.165) is 5.56 Å². The molecule has 4 heteroatoms. The Kier molecular flexibility index (Phi) is 4.39. The van der Waals surface area contributed by atoms with Crippen molar-refractivity contribution in [2.75, 3.05) is 0 Å². The number of rotatable bonds is 3. The van der Waals surface area contributed by atoms with Crippen LogP contribution in [0.4, 0.5) is 0 Å². The standard InChI is InChI=1S/C16H13NO3/c1-12-11-14(8-9-15(12)18)17-20-16(19)10-7-13-5-3-2-4-6-13/h2-11H,1H3/b10-7+,17-14+. The molecule has 0 saturated carbocycles. The summed E-state index contributed by atoms with van der Waals surface area (Å²) in [6.45, 7) is 1.68. The highest BCUT2D eigenvalue weighted by molar-refractivity contribution is 6.18. The van der Waals surface area contributed by atoms with E-state index in [-0.39, 0.29) is 5.78 Å². The van der Waals surface area contributed by atoms with Gasteiger partial charge in [0, 0.05) is 6.08 Å². The molecule has 1 aliphatic rings. The van der Waals surface area contributed by atoms with Gasteiger partial charge in [0.05, 0.1) is 0 Å². The predicted octanol–water partition coefficient (Wildman–Crippen LogP) is 2.68. The molecule has 0 fully saturated rings. The molecule has 1 aliphatic carbocycles. The molecular weight excluding hydrogens is 254 g/mol. The first kappa shape index (κ1) is 13.7. The third-order valence-corrected chi connectivity index (χ3v) is 2.61. The lowest BCUT2D eigenvalue weighted by atomic mass is 10.1. The first-order valence-corrected chi connectivity index (χ1v) is 6.08. The number of ketones is 1. The summed E-state index contributed by atoms with van der Waals surface area (Å²) in [4.78, 5) is 27.4. The molecule has 2 rings (SSSR count). The molecule has 0 N–H and O–H groups in total. The van der Waals surface area contributed by atoms with Crippen LogP contribution < -0.4 is 0 Å². The Morgan fingerprint density at radius 1 is 1.20 bits per heavy atom. The van der Waals surface area contributed by atoms with E-state index in [1.54, 1.807) is 19.1 Å². The Balaban J connectivity index is 1.95. The SMILES string of the molecule is CC1=C/C(=N/OC(=O)/C=C/c2ccccc2)C=CC1=O. The van der Waals surface area contributed by atoms with Gasteiger partial charge >= 0.3 is 5.97 Å². The number of allylic oxidation sites excluding steroid dienone is 4. The number of nitrogens with zero attached hydrogens (tertiary/aromatic N) is 1. The molecule has 0 unspecified atom stereocenters. The molecule has 0 radical (unpaired) electrons. The van der Waals surface area contributed by atoms with E-state index in [0.29, 0.717) is 11.3 Å². The van der Waals surface area contributed by atoms with E-state index in [2.05, 4.69) is 5.16 Å². The van der Waals surface area contributed by atoms with Gasteiger partial charge in [-0.1, -0.05) is 35.5 Å². The van der Waals surface area contributed by atoms with E-state index in [9.17, 15) is 9.59 Å². The van der Waals surface area contributed by atoms with Crippen LogP contribution in [0.5, 0.6) is 0 Å². The normalized spacial score (nSPS) is 16.6. The fourth-order valence-corrected chi connectivity index (χ4v) is 1.55. The van der Waals surface area contributed by atoms with Crippen LogP contribution in [0.25, 0.3) is 6.08 Å². The molecule has 0 atom stereocenters. The Bertz CT molecular complexity index is 637. The highest BCUT2D eigenvalue weighted by Gasteiger charge is 2.07. The van der Waals surface area contributed by atoms with Crippen LogP contribution in [0.1, 0.15) is 12.5 Å². The van der Waals surface area contributed by atoms with Crippen LogP contribution in [0, 0.1) is 0 Å². The second-order valence-electron chi connectivity index (χ2n) is 4.20. The van der Waals surface area contributed by atoms with Crippen molar-refractivity contribution < 1.29 is 14.4 Å². The Morgan fingerprint density at radius 2 is 1.95 bits per heavy atom. The molecule has 1 aromatic carbocycles. The van der Waals surface area contributed by atoms with E-state index in [1.165, 1.54) is 18.2 Å². The van der Waals surface area contributed by atoms with E-state index in [4.69, 9.17) is 4.84 Å². The summed E-state index contributed by atoms with van der Waals surface area (Å²) in [6, 6.07) is 9.40. The third kappa shape index (κ3) is 3.88. The lowest BCUT2D eigenvalue weighted by molar-refractivity contribution is -0.137. The van der Waals surface area contributed by atoms with Crippen molar-refractivity contribution in [3.8, 4) is 0 Å². The molecule has 0 amide bonds. The van der Waals surface area contributed by atoms with Crippen LogP contribution in [0.2, 0.25) is 0 Å². The summed E-state index contributed by atoms with van der Waals surface area (Å²) in [6.07, 6.45) is 7.40. The van der Waals surface area contributed by atoms with Crippen LogP contribution in [-0.2, 0) is 14.4 Å². The molecule has 0 heterocycles.